The molecule has 0 spiro atoms. The van der Waals surface area contributed by atoms with Crippen LogP contribution in [0.3, 0.4) is 0 Å². The van der Waals surface area contributed by atoms with E-state index in [-0.39, 0.29) is 0 Å². The summed E-state index contributed by atoms with van der Waals surface area (Å²) < 4.78 is 0. The number of hydrogen-bond donors (Lipinski definition) is 1. The molecule has 4 rings (SSSR count). The van der Waals surface area contributed by atoms with E-state index in [4.69, 9.17) is 5.73 Å². The van der Waals surface area contributed by atoms with Crippen molar-refractivity contribution in [1.29, 1.82) is 0 Å². The number of aromatic nitrogens is 2. The molecule has 96 valence electrons. The summed E-state index contributed by atoms with van der Waals surface area (Å²) in [5.41, 5.74) is 7.50. The molecule has 0 bridgehead atoms. The van der Waals surface area contributed by atoms with E-state index in [1.165, 1.54) is 31.4 Å². The Labute approximate surface area is 108 Å². The van der Waals surface area contributed by atoms with Crippen molar-refractivity contribution in [2.24, 2.45) is 17.6 Å². The molecule has 2 heterocycles. The van der Waals surface area contributed by atoms with Gasteiger partial charge in [-0.05, 0) is 37.5 Å². The van der Waals surface area contributed by atoms with Gasteiger partial charge in [-0.3, -0.25) is 0 Å². The van der Waals surface area contributed by atoms with Crippen molar-refractivity contribution in [2.45, 2.75) is 37.6 Å². The van der Waals surface area contributed by atoms with Crippen LogP contribution in [0.25, 0.3) is 0 Å². The summed E-state index contributed by atoms with van der Waals surface area (Å²) in [6.07, 6.45) is 7.06. The van der Waals surface area contributed by atoms with Gasteiger partial charge in [0.15, 0.2) is 0 Å². The Balaban J connectivity index is 1.54. The highest BCUT2D eigenvalue weighted by molar-refractivity contribution is 5.42. The van der Waals surface area contributed by atoms with Crippen molar-refractivity contribution in [3.63, 3.8) is 0 Å². The van der Waals surface area contributed by atoms with E-state index in [1.54, 1.807) is 6.33 Å². The summed E-state index contributed by atoms with van der Waals surface area (Å²) in [5, 5.41) is 0. The molecule has 0 radical (unpaired) electrons. The molecule has 2 aliphatic carbocycles. The van der Waals surface area contributed by atoms with Crippen molar-refractivity contribution >= 4 is 5.82 Å². The molecule has 0 unspecified atom stereocenters. The summed E-state index contributed by atoms with van der Waals surface area (Å²) >= 11 is 0. The molecule has 1 aliphatic heterocycles. The average molecular weight is 244 g/mol. The van der Waals surface area contributed by atoms with Gasteiger partial charge in [-0.25, -0.2) is 9.97 Å². The molecule has 2 N–H and O–H groups in total. The van der Waals surface area contributed by atoms with Crippen molar-refractivity contribution in [1.82, 2.24) is 9.97 Å². The molecule has 1 aromatic heterocycles. The third kappa shape index (κ3) is 1.88. The number of hydrogen-bond acceptors (Lipinski definition) is 4. The van der Waals surface area contributed by atoms with Crippen molar-refractivity contribution < 1.29 is 0 Å². The molecule has 2 atom stereocenters. The van der Waals surface area contributed by atoms with Gasteiger partial charge in [0.2, 0.25) is 0 Å². The quantitative estimate of drug-likeness (QED) is 0.876. The summed E-state index contributed by atoms with van der Waals surface area (Å²) in [7, 11) is 0. The Morgan fingerprint density at radius 3 is 2.67 bits per heavy atom. The van der Waals surface area contributed by atoms with Gasteiger partial charge in [-0.1, -0.05) is 0 Å². The molecule has 1 saturated heterocycles. The van der Waals surface area contributed by atoms with Crippen LogP contribution in [0, 0.1) is 11.8 Å². The van der Waals surface area contributed by atoms with Gasteiger partial charge in [0.25, 0.3) is 0 Å². The average Bonchev–Trinajstić information content (AvgIpc) is 3.27. The number of anilines is 1. The van der Waals surface area contributed by atoms with Gasteiger partial charge >= 0.3 is 0 Å². The van der Waals surface area contributed by atoms with Gasteiger partial charge in [0, 0.05) is 36.8 Å². The lowest BCUT2D eigenvalue weighted by atomic mass is 9.99. The highest BCUT2D eigenvalue weighted by Gasteiger charge is 2.41. The predicted molar refractivity (Wildman–Crippen MR) is 70.4 cm³/mol. The fourth-order valence-corrected chi connectivity index (χ4v) is 3.20. The first-order valence-electron chi connectivity index (χ1n) is 7.14. The largest absolute Gasteiger partial charge is 0.355 e. The Kier molecular flexibility index (Phi) is 2.34. The standard InChI is InChI=1S/C14H20N4/c15-12-7-18(6-11(12)9-1-2-9)14-5-13(10-3-4-10)16-8-17-14/h5,8-12H,1-4,6-7,15H2/t11-,12+/m0/s1. The first-order valence-corrected chi connectivity index (χ1v) is 7.14. The Bertz CT molecular complexity index is 453. The lowest BCUT2D eigenvalue weighted by Crippen LogP contribution is -2.30. The lowest BCUT2D eigenvalue weighted by molar-refractivity contribution is 0.456. The van der Waals surface area contributed by atoms with E-state index in [9.17, 15) is 0 Å². The first-order chi connectivity index (χ1) is 8.81. The number of nitrogens with two attached hydrogens (primary N) is 1. The van der Waals surface area contributed by atoms with Crippen LogP contribution < -0.4 is 10.6 Å². The smallest absolute Gasteiger partial charge is 0.132 e. The maximum atomic E-state index is 6.27. The second-order valence-corrected chi connectivity index (χ2v) is 6.15. The zero-order chi connectivity index (χ0) is 12.1. The van der Waals surface area contributed by atoms with E-state index < -0.39 is 0 Å². The lowest BCUT2D eigenvalue weighted by Gasteiger charge is -2.17. The molecule has 18 heavy (non-hydrogen) atoms. The number of nitrogens with zero attached hydrogens (tertiary/aromatic N) is 3. The number of rotatable bonds is 3. The van der Waals surface area contributed by atoms with E-state index in [0.29, 0.717) is 17.9 Å². The van der Waals surface area contributed by atoms with E-state index in [1.807, 2.05) is 0 Å². The molecular formula is C14H20N4. The fourth-order valence-electron chi connectivity index (χ4n) is 3.20. The van der Waals surface area contributed by atoms with Crippen molar-refractivity contribution in [3.8, 4) is 0 Å². The predicted octanol–water partition coefficient (Wildman–Crippen LogP) is 1.53. The van der Waals surface area contributed by atoms with Crippen LogP contribution in [0.15, 0.2) is 12.4 Å². The molecule has 3 fully saturated rings. The van der Waals surface area contributed by atoms with E-state index in [2.05, 4.69) is 20.9 Å². The van der Waals surface area contributed by atoms with Gasteiger partial charge in [0.05, 0.1) is 0 Å². The third-order valence-electron chi connectivity index (χ3n) is 4.63. The minimum atomic E-state index is 0.330. The van der Waals surface area contributed by atoms with Gasteiger partial charge in [-0.2, -0.15) is 0 Å². The third-order valence-corrected chi connectivity index (χ3v) is 4.63. The van der Waals surface area contributed by atoms with E-state index >= 15 is 0 Å². The molecule has 4 nitrogen and oxygen atoms in total. The van der Waals surface area contributed by atoms with Gasteiger partial charge < -0.3 is 10.6 Å². The Morgan fingerprint density at radius 1 is 1.11 bits per heavy atom. The summed E-state index contributed by atoms with van der Waals surface area (Å²) in [6, 6.07) is 2.51. The second kappa shape index (κ2) is 3.92. The molecule has 3 aliphatic rings. The molecule has 2 saturated carbocycles. The summed E-state index contributed by atoms with van der Waals surface area (Å²) in [4.78, 5) is 11.2. The molecule has 0 aromatic carbocycles. The molecule has 1 aromatic rings. The van der Waals surface area contributed by atoms with Crippen LogP contribution in [0.5, 0.6) is 0 Å². The zero-order valence-electron chi connectivity index (χ0n) is 10.6. The van der Waals surface area contributed by atoms with E-state index in [0.717, 1.165) is 24.8 Å². The summed E-state index contributed by atoms with van der Waals surface area (Å²) in [6.45, 7) is 2.05. The van der Waals surface area contributed by atoms with Gasteiger partial charge in [0.1, 0.15) is 12.1 Å². The van der Waals surface area contributed by atoms with Crippen molar-refractivity contribution in [2.75, 3.05) is 18.0 Å². The van der Waals surface area contributed by atoms with Crippen molar-refractivity contribution in [3.05, 3.63) is 18.1 Å². The first kappa shape index (κ1) is 10.7. The zero-order valence-corrected chi connectivity index (χ0v) is 10.6. The Hall–Kier alpha value is -1.16. The monoisotopic (exact) mass is 244 g/mol. The SMILES string of the molecule is N[C@@H]1CN(c2cc(C3CC3)ncn2)C[C@H]1C1CC1. The minimum absolute atomic E-state index is 0.330. The maximum Gasteiger partial charge on any atom is 0.132 e. The fraction of sp³-hybridized carbons (Fsp3) is 0.714. The maximum absolute atomic E-state index is 6.27. The second-order valence-electron chi connectivity index (χ2n) is 6.15. The van der Waals surface area contributed by atoms with Crippen LogP contribution in [-0.4, -0.2) is 29.1 Å². The minimum Gasteiger partial charge on any atom is -0.355 e. The highest BCUT2D eigenvalue weighted by Crippen LogP contribution is 2.42. The Morgan fingerprint density at radius 2 is 1.94 bits per heavy atom. The summed E-state index contributed by atoms with van der Waals surface area (Å²) in [5.74, 6) is 3.35. The molecule has 4 heteroatoms. The van der Waals surface area contributed by atoms with Crippen LogP contribution >= 0.6 is 0 Å². The normalized spacial score (nSPS) is 31.9. The van der Waals surface area contributed by atoms with Crippen LogP contribution in [0.2, 0.25) is 0 Å². The van der Waals surface area contributed by atoms with Gasteiger partial charge in [-0.15, -0.1) is 0 Å². The topological polar surface area (TPSA) is 55.0 Å². The molecule has 0 amide bonds. The van der Waals surface area contributed by atoms with Crippen LogP contribution in [0.4, 0.5) is 5.82 Å². The van der Waals surface area contributed by atoms with Crippen LogP contribution in [0.1, 0.15) is 37.3 Å². The highest BCUT2D eigenvalue weighted by atomic mass is 15.2. The molecular weight excluding hydrogens is 224 g/mol. The van der Waals surface area contributed by atoms with Crippen LogP contribution in [-0.2, 0) is 0 Å².